The lowest BCUT2D eigenvalue weighted by molar-refractivity contribution is -0.131. The van der Waals surface area contributed by atoms with Crippen molar-refractivity contribution in [3.05, 3.63) is 72.3 Å². The number of allylic oxidation sites excluding steroid dienone is 1. The molecule has 0 unspecified atom stereocenters. The Kier molecular flexibility index (Phi) is 9.24. The number of carboxylic acid groups (broad SMARTS) is 1. The minimum Gasteiger partial charge on any atom is -0.491 e. The Morgan fingerprint density at radius 2 is 1.90 bits per heavy atom. The molecule has 0 heterocycles. The fourth-order valence-corrected chi connectivity index (χ4v) is 2.66. The fourth-order valence-electron chi connectivity index (χ4n) is 2.66. The van der Waals surface area contributed by atoms with E-state index in [1.807, 2.05) is 24.3 Å². The lowest BCUT2D eigenvalue weighted by atomic mass is 10.0. The van der Waals surface area contributed by atoms with Crippen LogP contribution in [0, 0.1) is 0 Å². The van der Waals surface area contributed by atoms with Gasteiger partial charge in [-0.1, -0.05) is 36.4 Å². The van der Waals surface area contributed by atoms with Crippen molar-refractivity contribution in [3.63, 3.8) is 0 Å². The van der Waals surface area contributed by atoms with Crippen LogP contribution in [0.4, 0.5) is 10.5 Å². The molecule has 1 amide bonds. The van der Waals surface area contributed by atoms with E-state index in [0.717, 1.165) is 11.6 Å². The molecule has 29 heavy (non-hydrogen) atoms. The predicted molar refractivity (Wildman–Crippen MR) is 109 cm³/mol. The molecule has 1 atom stereocenters. The molecular weight excluding hydrogens is 374 g/mol. The van der Waals surface area contributed by atoms with Crippen LogP contribution in [-0.2, 0) is 9.53 Å². The van der Waals surface area contributed by atoms with Gasteiger partial charge in [0.15, 0.2) is 0 Å². The summed E-state index contributed by atoms with van der Waals surface area (Å²) in [6, 6.07) is 16.1. The van der Waals surface area contributed by atoms with Crippen LogP contribution in [0.3, 0.4) is 0 Å². The van der Waals surface area contributed by atoms with Crippen molar-refractivity contribution in [2.75, 3.05) is 18.5 Å². The maximum Gasteiger partial charge on any atom is 0.412 e. The number of nitrogens with one attached hydrogen (secondary N) is 1. The molecule has 3 N–H and O–H groups in total. The zero-order valence-electron chi connectivity index (χ0n) is 16.0. The molecule has 0 saturated heterocycles. The van der Waals surface area contributed by atoms with Crippen molar-refractivity contribution in [1.29, 1.82) is 0 Å². The monoisotopic (exact) mass is 399 g/mol. The number of amides is 1. The average molecular weight is 399 g/mol. The van der Waals surface area contributed by atoms with Gasteiger partial charge in [-0.3, -0.25) is 5.32 Å². The lowest BCUT2D eigenvalue weighted by Gasteiger charge is -2.19. The van der Waals surface area contributed by atoms with Gasteiger partial charge in [-0.25, -0.2) is 9.59 Å². The smallest absolute Gasteiger partial charge is 0.412 e. The Morgan fingerprint density at radius 3 is 2.62 bits per heavy atom. The van der Waals surface area contributed by atoms with Crippen LogP contribution in [0.15, 0.2) is 66.7 Å². The van der Waals surface area contributed by atoms with Crippen molar-refractivity contribution < 1.29 is 29.3 Å². The highest BCUT2D eigenvalue weighted by atomic mass is 16.6. The normalized spacial score (nSPS) is 11.8. The van der Waals surface area contributed by atoms with E-state index in [0.29, 0.717) is 30.7 Å². The Bertz CT molecular complexity index is 806. The second-order valence-electron chi connectivity index (χ2n) is 6.20. The van der Waals surface area contributed by atoms with Gasteiger partial charge in [-0.2, -0.15) is 0 Å². The molecule has 0 fully saturated rings. The molecule has 0 spiro atoms. The number of carbonyl (C=O) groups is 2. The molecule has 7 heteroatoms. The maximum atomic E-state index is 12.3. The maximum absolute atomic E-state index is 12.3. The summed E-state index contributed by atoms with van der Waals surface area (Å²) in [5.41, 5.74) is 1.38. The Hall–Kier alpha value is -3.32. The average Bonchev–Trinajstić information content (AvgIpc) is 2.72. The first-order valence-electron chi connectivity index (χ1n) is 9.34. The highest BCUT2D eigenvalue weighted by Crippen LogP contribution is 2.27. The topological polar surface area (TPSA) is 105 Å². The fraction of sp³-hybridized carbons (Fsp3) is 0.273. The van der Waals surface area contributed by atoms with Gasteiger partial charge < -0.3 is 19.7 Å². The third kappa shape index (κ3) is 8.49. The van der Waals surface area contributed by atoms with Crippen LogP contribution in [0.2, 0.25) is 0 Å². The molecule has 0 saturated carbocycles. The molecule has 0 radical (unpaired) electrons. The van der Waals surface area contributed by atoms with E-state index in [1.165, 1.54) is 0 Å². The number of ether oxygens (including phenoxy) is 2. The summed E-state index contributed by atoms with van der Waals surface area (Å²) >= 11 is 0. The number of hydrogen-bond donors (Lipinski definition) is 3. The minimum atomic E-state index is -0.992. The molecule has 0 aromatic heterocycles. The number of aliphatic carboxylic acids is 1. The second-order valence-corrected chi connectivity index (χ2v) is 6.20. The number of unbranched alkanes of at least 4 members (excludes halogenated alkanes) is 1. The summed E-state index contributed by atoms with van der Waals surface area (Å²) in [7, 11) is 0. The van der Waals surface area contributed by atoms with Crippen LogP contribution in [0.1, 0.15) is 30.9 Å². The van der Waals surface area contributed by atoms with Gasteiger partial charge in [0.25, 0.3) is 0 Å². The third-order valence-corrected chi connectivity index (χ3v) is 3.96. The van der Waals surface area contributed by atoms with E-state index in [-0.39, 0.29) is 13.2 Å². The molecule has 2 aromatic rings. The number of carboxylic acids is 1. The first-order valence-corrected chi connectivity index (χ1v) is 9.34. The van der Waals surface area contributed by atoms with Gasteiger partial charge in [0.2, 0.25) is 0 Å². The van der Waals surface area contributed by atoms with E-state index in [9.17, 15) is 9.59 Å². The Labute approximate surface area is 169 Å². The largest absolute Gasteiger partial charge is 0.491 e. The van der Waals surface area contributed by atoms with Gasteiger partial charge in [-0.05, 0) is 49.1 Å². The van der Waals surface area contributed by atoms with Crippen LogP contribution < -0.4 is 10.1 Å². The van der Waals surface area contributed by atoms with Crippen molar-refractivity contribution in [3.8, 4) is 5.75 Å². The van der Waals surface area contributed by atoms with Crippen LogP contribution in [-0.4, -0.2) is 35.5 Å². The van der Waals surface area contributed by atoms with Gasteiger partial charge >= 0.3 is 12.1 Å². The molecule has 0 aliphatic heterocycles. The zero-order valence-corrected chi connectivity index (χ0v) is 16.0. The number of anilines is 1. The standard InChI is InChI=1S/C22H25NO6/c24-14-15-28-19-11-7-8-17(16-19)20(12-5-2-6-13-21(25)26)29-22(27)23-18-9-3-1-4-10-18/h1,3-4,6-11,13,16,20,24H,2,5,12,14-15H2,(H,23,27)(H,25,26)/b13-6+/t20-/m1/s1. The number of aliphatic hydroxyl groups is 1. The van der Waals surface area contributed by atoms with Crippen molar-refractivity contribution >= 4 is 17.7 Å². The predicted octanol–water partition coefficient (Wildman–Crippen LogP) is 4.16. The summed E-state index contributed by atoms with van der Waals surface area (Å²) in [6.45, 7) is 0.0724. The molecule has 2 rings (SSSR count). The number of hydrogen-bond acceptors (Lipinski definition) is 5. The van der Waals surface area contributed by atoms with Gasteiger partial charge in [0.05, 0.1) is 6.61 Å². The summed E-state index contributed by atoms with van der Waals surface area (Å²) in [4.78, 5) is 22.9. The quantitative estimate of drug-likeness (QED) is 0.387. The van der Waals surface area contributed by atoms with E-state index < -0.39 is 18.2 Å². The molecule has 154 valence electrons. The number of carbonyl (C=O) groups excluding carboxylic acids is 1. The molecule has 0 bridgehead atoms. The number of benzene rings is 2. The lowest BCUT2D eigenvalue weighted by Crippen LogP contribution is -2.17. The number of aliphatic hydroxyl groups excluding tert-OH is 1. The third-order valence-electron chi connectivity index (χ3n) is 3.96. The molecule has 7 nitrogen and oxygen atoms in total. The molecular formula is C22H25NO6. The van der Waals surface area contributed by atoms with Crippen LogP contribution in [0.5, 0.6) is 5.75 Å². The van der Waals surface area contributed by atoms with Crippen LogP contribution >= 0.6 is 0 Å². The summed E-state index contributed by atoms with van der Waals surface area (Å²) in [6.07, 6.45) is 3.25. The number of para-hydroxylation sites is 1. The highest BCUT2D eigenvalue weighted by Gasteiger charge is 2.17. The first-order chi connectivity index (χ1) is 14.1. The van der Waals surface area contributed by atoms with Crippen molar-refractivity contribution in [1.82, 2.24) is 0 Å². The molecule has 0 aliphatic rings. The zero-order chi connectivity index (χ0) is 20.9. The first kappa shape index (κ1) is 22.0. The van der Waals surface area contributed by atoms with E-state index in [2.05, 4.69) is 5.32 Å². The van der Waals surface area contributed by atoms with Crippen molar-refractivity contribution in [2.24, 2.45) is 0 Å². The SMILES string of the molecule is O=C(O)/C=C/CCC[C@@H](OC(=O)Nc1ccccc1)c1cccc(OCCO)c1. The Morgan fingerprint density at radius 1 is 1.10 bits per heavy atom. The van der Waals surface area contributed by atoms with E-state index in [1.54, 1.807) is 36.4 Å². The van der Waals surface area contributed by atoms with Crippen molar-refractivity contribution in [2.45, 2.75) is 25.4 Å². The Balaban J connectivity index is 2.05. The van der Waals surface area contributed by atoms with Gasteiger partial charge in [0.1, 0.15) is 18.5 Å². The molecule has 2 aromatic carbocycles. The van der Waals surface area contributed by atoms with E-state index in [4.69, 9.17) is 19.7 Å². The molecule has 0 aliphatic carbocycles. The minimum absolute atomic E-state index is 0.0977. The highest BCUT2D eigenvalue weighted by molar-refractivity contribution is 5.84. The second kappa shape index (κ2) is 12.2. The summed E-state index contributed by atoms with van der Waals surface area (Å²) in [5.74, 6) is -0.423. The summed E-state index contributed by atoms with van der Waals surface area (Å²) < 4.78 is 11.1. The van der Waals surface area contributed by atoms with E-state index >= 15 is 0 Å². The summed E-state index contributed by atoms with van der Waals surface area (Å²) in [5, 5.41) is 20.3. The number of rotatable bonds is 11. The van der Waals surface area contributed by atoms with Gasteiger partial charge in [-0.15, -0.1) is 0 Å². The van der Waals surface area contributed by atoms with Gasteiger partial charge in [0, 0.05) is 11.8 Å². The van der Waals surface area contributed by atoms with Crippen LogP contribution in [0.25, 0.3) is 0 Å².